The predicted molar refractivity (Wildman–Crippen MR) is 60.2 cm³/mol. The smallest absolute Gasteiger partial charge is 0.201 e. The Hall–Kier alpha value is -1.09. The summed E-state index contributed by atoms with van der Waals surface area (Å²) < 4.78 is 5.20. The molecule has 1 N–H and O–H groups in total. The molecule has 0 bridgehead atoms. The number of ketones is 1. The molecule has 3 nitrogen and oxygen atoms in total. The molecule has 0 amide bonds. The van der Waals surface area contributed by atoms with Crippen molar-refractivity contribution in [3.8, 4) is 0 Å². The first kappa shape index (κ1) is 10.1. The molecule has 2 heterocycles. The summed E-state index contributed by atoms with van der Waals surface area (Å²) in [5.41, 5.74) is 0.326. The van der Waals surface area contributed by atoms with Crippen molar-refractivity contribution in [3.05, 3.63) is 24.2 Å². The lowest BCUT2D eigenvalue weighted by Gasteiger charge is -2.21. The van der Waals surface area contributed by atoms with Gasteiger partial charge in [-0.05, 0) is 42.9 Å². The Bertz CT molecular complexity index is 398. The lowest BCUT2D eigenvalue weighted by atomic mass is 9.83. The van der Waals surface area contributed by atoms with Crippen molar-refractivity contribution in [1.82, 2.24) is 5.32 Å². The van der Waals surface area contributed by atoms with E-state index < -0.39 is 0 Å². The number of carbonyl (C=O) groups is 1. The molecule has 0 aromatic carbocycles. The minimum Gasteiger partial charge on any atom is -0.461 e. The number of hydrogen-bond acceptors (Lipinski definition) is 3. The third-order valence-corrected chi connectivity index (χ3v) is 4.32. The molecule has 2 fully saturated rings. The fraction of sp³-hybridized carbons (Fsp3) is 0.615. The van der Waals surface area contributed by atoms with Crippen LogP contribution in [0.1, 0.15) is 30.3 Å². The minimum absolute atomic E-state index is 0.170. The van der Waals surface area contributed by atoms with Gasteiger partial charge in [-0.1, -0.05) is 6.92 Å². The van der Waals surface area contributed by atoms with Crippen molar-refractivity contribution in [3.63, 3.8) is 0 Å². The second-order valence-corrected chi connectivity index (χ2v) is 5.46. The van der Waals surface area contributed by atoms with E-state index in [4.69, 9.17) is 4.42 Å². The van der Waals surface area contributed by atoms with Crippen molar-refractivity contribution < 1.29 is 9.21 Å². The SMILES string of the molecule is CC12CNCC1CC(C(=O)c1ccco1)C2. The summed E-state index contributed by atoms with van der Waals surface area (Å²) >= 11 is 0. The lowest BCUT2D eigenvalue weighted by Crippen LogP contribution is -2.22. The molecule has 0 spiro atoms. The van der Waals surface area contributed by atoms with Gasteiger partial charge in [0.15, 0.2) is 5.76 Å². The zero-order valence-corrected chi connectivity index (χ0v) is 9.53. The lowest BCUT2D eigenvalue weighted by molar-refractivity contribution is 0.0884. The Morgan fingerprint density at radius 2 is 2.50 bits per heavy atom. The molecule has 16 heavy (non-hydrogen) atoms. The van der Waals surface area contributed by atoms with Crippen molar-refractivity contribution in [2.45, 2.75) is 19.8 Å². The Morgan fingerprint density at radius 3 is 3.19 bits per heavy atom. The van der Waals surface area contributed by atoms with Crippen LogP contribution >= 0.6 is 0 Å². The van der Waals surface area contributed by atoms with Crippen molar-refractivity contribution in [2.24, 2.45) is 17.3 Å². The van der Waals surface area contributed by atoms with Gasteiger partial charge in [0.2, 0.25) is 5.78 Å². The van der Waals surface area contributed by atoms with Crippen LogP contribution < -0.4 is 5.32 Å². The third-order valence-electron chi connectivity index (χ3n) is 4.32. The molecule has 3 rings (SSSR count). The number of furan rings is 1. The van der Waals surface area contributed by atoms with Crippen LogP contribution in [0.3, 0.4) is 0 Å². The summed E-state index contributed by atoms with van der Waals surface area (Å²) in [5.74, 6) is 1.56. The van der Waals surface area contributed by atoms with E-state index in [1.807, 2.05) is 0 Å². The number of carbonyl (C=O) groups excluding carboxylic acids is 1. The van der Waals surface area contributed by atoms with Gasteiger partial charge in [-0.3, -0.25) is 4.79 Å². The maximum absolute atomic E-state index is 12.2. The van der Waals surface area contributed by atoms with Gasteiger partial charge in [0, 0.05) is 12.5 Å². The Morgan fingerprint density at radius 1 is 1.62 bits per heavy atom. The quantitative estimate of drug-likeness (QED) is 0.774. The summed E-state index contributed by atoms with van der Waals surface area (Å²) in [6.07, 6.45) is 3.60. The van der Waals surface area contributed by atoms with E-state index in [0.29, 0.717) is 17.1 Å². The molecular formula is C13H17NO2. The molecule has 2 aliphatic rings. The van der Waals surface area contributed by atoms with E-state index in [2.05, 4.69) is 12.2 Å². The van der Waals surface area contributed by atoms with Crippen LogP contribution in [-0.2, 0) is 0 Å². The fourth-order valence-electron chi connectivity index (χ4n) is 3.34. The van der Waals surface area contributed by atoms with Crippen molar-refractivity contribution >= 4 is 5.78 Å². The van der Waals surface area contributed by atoms with Gasteiger partial charge in [0.05, 0.1) is 6.26 Å². The van der Waals surface area contributed by atoms with Crippen LogP contribution in [-0.4, -0.2) is 18.9 Å². The second-order valence-electron chi connectivity index (χ2n) is 5.46. The summed E-state index contributed by atoms with van der Waals surface area (Å²) in [5, 5.41) is 3.42. The van der Waals surface area contributed by atoms with Crippen LogP contribution in [0.15, 0.2) is 22.8 Å². The summed E-state index contributed by atoms with van der Waals surface area (Å²) in [6.45, 7) is 4.42. The molecule has 0 radical (unpaired) electrons. The molecular weight excluding hydrogens is 202 g/mol. The molecule has 1 aliphatic carbocycles. The van der Waals surface area contributed by atoms with Crippen molar-refractivity contribution in [2.75, 3.05) is 13.1 Å². The Labute approximate surface area is 95.2 Å². The summed E-state index contributed by atoms with van der Waals surface area (Å²) in [7, 11) is 0. The number of Topliss-reactive ketones (excluding diaryl/α,β-unsaturated/α-hetero) is 1. The molecule has 1 aromatic heterocycles. The first-order valence-electron chi connectivity index (χ1n) is 5.97. The van der Waals surface area contributed by atoms with Gasteiger partial charge in [-0.15, -0.1) is 0 Å². The summed E-state index contributed by atoms with van der Waals surface area (Å²) in [4.78, 5) is 12.2. The van der Waals surface area contributed by atoms with Crippen LogP contribution in [0.4, 0.5) is 0 Å². The van der Waals surface area contributed by atoms with Gasteiger partial charge in [-0.2, -0.15) is 0 Å². The van der Waals surface area contributed by atoms with E-state index in [1.165, 1.54) is 0 Å². The molecule has 1 aromatic rings. The highest BCUT2D eigenvalue weighted by atomic mass is 16.3. The average Bonchev–Trinajstić information content (AvgIpc) is 2.89. The first-order chi connectivity index (χ1) is 7.69. The minimum atomic E-state index is 0.170. The van der Waals surface area contributed by atoms with E-state index in [1.54, 1.807) is 18.4 Å². The zero-order chi connectivity index (χ0) is 11.2. The van der Waals surface area contributed by atoms with E-state index in [-0.39, 0.29) is 11.7 Å². The predicted octanol–water partition coefficient (Wildman–Crippen LogP) is 2.10. The number of fused-ring (bicyclic) bond motifs is 1. The van der Waals surface area contributed by atoms with E-state index >= 15 is 0 Å². The molecule has 1 saturated carbocycles. The summed E-state index contributed by atoms with van der Waals surface area (Å²) in [6, 6.07) is 3.56. The Balaban J connectivity index is 1.77. The van der Waals surface area contributed by atoms with Crippen LogP contribution in [0.25, 0.3) is 0 Å². The normalized spacial score (nSPS) is 37.6. The van der Waals surface area contributed by atoms with Gasteiger partial charge in [0.1, 0.15) is 0 Å². The van der Waals surface area contributed by atoms with Gasteiger partial charge in [0.25, 0.3) is 0 Å². The number of rotatable bonds is 2. The third kappa shape index (κ3) is 1.42. The zero-order valence-electron chi connectivity index (χ0n) is 9.53. The molecule has 3 heteroatoms. The van der Waals surface area contributed by atoms with Crippen LogP contribution in [0.2, 0.25) is 0 Å². The molecule has 3 atom stereocenters. The molecule has 1 saturated heterocycles. The highest BCUT2D eigenvalue weighted by Crippen LogP contribution is 2.49. The maximum Gasteiger partial charge on any atom is 0.201 e. The molecule has 1 aliphatic heterocycles. The second kappa shape index (κ2) is 3.45. The fourth-order valence-corrected chi connectivity index (χ4v) is 3.34. The van der Waals surface area contributed by atoms with E-state index in [9.17, 15) is 4.79 Å². The highest BCUT2D eigenvalue weighted by Gasteiger charge is 2.49. The Kier molecular flexibility index (Phi) is 2.18. The standard InChI is InChI=1S/C13H17NO2/c1-13-6-9(5-10(13)7-14-8-13)12(15)11-3-2-4-16-11/h2-4,9-10,14H,5-8H2,1H3. The van der Waals surface area contributed by atoms with Gasteiger partial charge >= 0.3 is 0 Å². The van der Waals surface area contributed by atoms with Crippen molar-refractivity contribution in [1.29, 1.82) is 0 Å². The largest absolute Gasteiger partial charge is 0.461 e. The monoisotopic (exact) mass is 219 g/mol. The first-order valence-corrected chi connectivity index (χ1v) is 5.97. The van der Waals surface area contributed by atoms with Crippen LogP contribution in [0.5, 0.6) is 0 Å². The topological polar surface area (TPSA) is 42.2 Å². The van der Waals surface area contributed by atoms with Crippen LogP contribution in [0, 0.1) is 17.3 Å². The van der Waals surface area contributed by atoms with E-state index in [0.717, 1.165) is 25.9 Å². The number of hydrogen-bond donors (Lipinski definition) is 1. The van der Waals surface area contributed by atoms with Gasteiger partial charge in [-0.25, -0.2) is 0 Å². The molecule has 86 valence electrons. The van der Waals surface area contributed by atoms with Gasteiger partial charge < -0.3 is 9.73 Å². The molecule has 3 unspecified atom stereocenters. The maximum atomic E-state index is 12.2. The average molecular weight is 219 g/mol. The highest BCUT2D eigenvalue weighted by molar-refractivity contribution is 5.95. The number of nitrogens with one attached hydrogen (secondary N) is 1.